The first kappa shape index (κ1) is 9.50. The van der Waals surface area contributed by atoms with E-state index < -0.39 is 6.10 Å². The lowest BCUT2D eigenvalue weighted by Crippen LogP contribution is -1.97. The molecule has 1 aromatic carbocycles. The van der Waals surface area contributed by atoms with Crippen LogP contribution in [0.1, 0.15) is 17.6 Å². The van der Waals surface area contributed by atoms with Gasteiger partial charge in [0.25, 0.3) is 0 Å². The van der Waals surface area contributed by atoms with E-state index in [1.807, 2.05) is 30.3 Å². The zero-order chi connectivity index (χ0) is 11.0. The van der Waals surface area contributed by atoms with Gasteiger partial charge < -0.3 is 9.52 Å². The van der Waals surface area contributed by atoms with Crippen molar-refractivity contribution in [2.45, 2.75) is 6.10 Å². The molecule has 0 saturated carbocycles. The van der Waals surface area contributed by atoms with Gasteiger partial charge in [-0.2, -0.15) is 8.75 Å². The zero-order valence-electron chi connectivity index (χ0n) is 8.20. The Hall–Kier alpha value is -1.72. The molecule has 1 unspecified atom stereocenters. The van der Waals surface area contributed by atoms with Gasteiger partial charge in [0.15, 0.2) is 6.10 Å². The van der Waals surface area contributed by atoms with E-state index in [1.165, 1.54) is 0 Å². The first-order valence-corrected chi connectivity index (χ1v) is 5.51. The summed E-state index contributed by atoms with van der Waals surface area (Å²) in [5, 5.41) is 11.0. The fourth-order valence-electron chi connectivity index (χ4n) is 1.58. The molecule has 2 heterocycles. The molecular weight excluding hydrogens is 224 g/mol. The Morgan fingerprint density at radius 1 is 1.31 bits per heavy atom. The van der Waals surface area contributed by atoms with E-state index in [-0.39, 0.29) is 0 Å². The molecule has 16 heavy (non-hydrogen) atoms. The predicted molar refractivity (Wildman–Crippen MR) is 60.2 cm³/mol. The molecule has 0 aliphatic carbocycles. The Labute approximate surface area is 95.5 Å². The van der Waals surface area contributed by atoms with Gasteiger partial charge >= 0.3 is 0 Å². The summed E-state index contributed by atoms with van der Waals surface area (Å²) in [4.78, 5) is 0. The number of aromatic nitrogens is 2. The maximum absolute atomic E-state index is 9.99. The smallest absolute Gasteiger partial charge is 0.156 e. The number of para-hydroxylation sites is 1. The van der Waals surface area contributed by atoms with Crippen molar-refractivity contribution in [1.29, 1.82) is 0 Å². The lowest BCUT2D eigenvalue weighted by Gasteiger charge is -2.01. The number of furan rings is 1. The molecule has 0 bridgehead atoms. The van der Waals surface area contributed by atoms with E-state index >= 15 is 0 Å². The first-order valence-electron chi connectivity index (χ1n) is 4.78. The largest absolute Gasteiger partial charge is 0.458 e. The number of nitrogens with zero attached hydrogens (tertiary/aromatic N) is 2. The lowest BCUT2D eigenvalue weighted by molar-refractivity contribution is 0.188. The highest BCUT2D eigenvalue weighted by atomic mass is 32.1. The molecule has 80 valence electrons. The highest BCUT2D eigenvalue weighted by Crippen LogP contribution is 2.27. The molecule has 0 radical (unpaired) electrons. The monoisotopic (exact) mass is 232 g/mol. The maximum atomic E-state index is 9.99. The van der Waals surface area contributed by atoms with Crippen LogP contribution >= 0.6 is 11.7 Å². The Bertz CT molecular complexity index is 570. The maximum Gasteiger partial charge on any atom is 0.156 e. The van der Waals surface area contributed by atoms with Crippen LogP contribution < -0.4 is 0 Å². The number of hydrogen-bond donors (Lipinski definition) is 1. The molecule has 5 heteroatoms. The fourth-order valence-corrected chi connectivity index (χ4v) is 2.02. The number of rotatable bonds is 2. The molecule has 3 aromatic rings. The summed E-state index contributed by atoms with van der Waals surface area (Å²) in [5.41, 5.74) is 1.28. The van der Waals surface area contributed by atoms with Crippen LogP contribution in [0.15, 0.2) is 40.9 Å². The molecule has 2 aromatic heterocycles. The van der Waals surface area contributed by atoms with Crippen LogP contribution in [-0.2, 0) is 0 Å². The number of aliphatic hydroxyl groups excluding tert-OH is 1. The van der Waals surface area contributed by atoms with E-state index in [0.717, 1.165) is 22.7 Å². The minimum absolute atomic E-state index is 0.494. The molecule has 4 nitrogen and oxygen atoms in total. The van der Waals surface area contributed by atoms with Crippen molar-refractivity contribution in [2.75, 3.05) is 0 Å². The van der Waals surface area contributed by atoms with Gasteiger partial charge in [-0.1, -0.05) is 18.2 Å². The van der Waals surface area contributed by atoms with Gasteiger partial charge in [0.1, 0.15) is 17.0 Å². The highest BCUT2D eigenvalue weighted by molar-refractivity contribution is 6.99. The average molecular weight is 232 g/mol. The summed E-state index contributed by atoms with van der Waals surface area (Å²) < 4.78 is 13.4. The minimum Gasteiger partial charge on any atom is -0.458 e. The normalized spacial score (nSPS) is 13.1. The molecule has 0 aliphatic rings. The van der Waals surface area contributed by atoms with Crippen LogP contribution in [0.25, 0.3) is 11.0 Å². The fraction of sp³-hybridized carbons (Fsp3) is 0.0909. The Kier molecular flexibility index (Phi) is 2.19. The Morgan fingerprint density at radius 3 is 2.94 bits per heavy atom. The van der Waals surface area contributed by atoms with Gasteiger partial charge in [-0.3, -0.25) is 0 Å². The van der Waals surface area contributed by atoms with Gasteiger partial charge in [0, 0.05) is 5.39 Å². The topological polar surface area (TPSA) is 59.2 Å². The number of hydrogen-bond acceptors (Lipinski definition) is 5. The van der Waals surface area contributed by atoms with Crippen molar-refractivity contribution in [3.8, 4) is 0 Å². The first-order chi connectivity index (χ1) is 7.84. The molecule has 0 fully saturated rings. The second kappa shape index (κ2) is 3.70. The van der Waals surface area contributed by atoms with Crippen molar-refractivity contribution in [2.24, 2.45) is 0 Å². The van der Waals surface area contributed by atoms with Gasteiger partial charge in [-0.05, 0) is 12.1 Å². The van der Waals surface area contributed by atoms with Crippen molar-refractivity contribution in [3.05, 3.63) is 48.0 Å². The summed E-state index contributed by atoms with van der Waals surface area (Å²) >= 11 is 1.07. The molecule has 1 atom stereocenters. The van der Waals surface area contributed by atoms with Gasteiger partial charge in [0.2, 0.25) is 0 Å². The quantitative estimate of drug-likeness (QED) is 0.736. The number of fused-ring (bicyclic) bond motifs is 1. The van der Waals surface area contributed by atoms with Crippen molar-refractivity contribution in [1.82, 2.24) is 8.75 Å². The van der Waals surface area contributed by atoms with Crippen LogP contribution in [0, 0.1) is 0 Å². The molecule has 1 N–H and O–H groups in total. The van der Waals surface area contributed by atoms with Crippen molar-refractivity contribution >= 4 is 22.7 Å². The Morgan fingerprint density at radius 2 is 2.19 bits per heavy atom. The van der Waals surface area contributed by atoms with Gasteiger partial charge in [0.05, 0.1) is 17.9 Å². The minimum atomic E-state index is -0.842. The third-order valence-corrected chi connectivity index (χ3v) is 2.86. The summed E-state index contributed by atoms with van der Waals surface area (Å²) in [6, 6.07) is 9.45. The molecular formula is C11H8N2O2S. The molecule has 3 rings (SSSR count). The summed E-state index contributed by atoms with van der Waals surface area (Å²) in [7, 11) is 0. The number of benzene rings is 1. The van der Waals surface area contributed by atoms with Gasteiger partial charge in [-0.15, -0.1) is 0 Å². The summed E-state index contributed by atoms with van der Waals surface area (Å²) in [6.07, 6.45) is 0.703. The van der Waals surface area contributed by atoms with Crippen LogP contribution in [0.5, 0.6) is 0 Å². The molecule has 0 spiro atoms. The second-order valence-corrected chi connectivity index (χ2v) is 3.98. The van der Waals surface area contributed by atoms with Gasteiger partial charge in [-0.25, -0.2) is 0 Å². The van der Waals surface area contributed by atoms with Crippen LogP contribution in [0.3, 0.4) is 0 Å². The molecule has 0 aliphatic heterocycles. The van der Waals surface area contributed by atoms with Crippen molar-refractivity contribution < 1.29 is 9.52 Å². The van der Waals surface area contributed by atoms with E-state index in [1.54, 1.807) is 6.20 Å². The molecule has 0 saturated heterocycles. The van der Waals surface area contributed by atoms with E-state index in [2.05, 4.69) is 8.75 Å². The summed E-state index contributed by atoms with van der Waals surface area (Å²) in [5.74, 6) is 0.494. The molecule has 0 amide bonds. The number of aliphatic hydroxyl groups is 1. The van der Waals surface area contributed by atoms with E-state index in [0.29, 0.717) is 11.5 Å². The Balaban J connectivity index is 2.06. The standard InChI is InChI=1S/C11H8N2O2S/c14-11(8-6-12-16-13-8)10-5-7-3-1-2-4-9(7)15-10/h1-6,11,14H. The van der Waals surface area contributed by atoms with Crippen LogP contribution in [0.2, 0.25) is 0 Å². The predicted octanol–water partition coefficient (Wildman–Crippen LogP) is 2.37. The van der Waals surface area contributed by atoms with Crippen LogP contribution in [0.4, 0.5) is 0 Å². The van der Waals surface area contributed by atoms with E-state index in [9.17, 15) is 5.11 Å². The lowest BCUT2D eigenvalue weighted by atomic mass is 10.2. The second-order valence-electron chi connectivity index (χ2n) is 3.42. The van der Waals surface area contributed by atoms with Crippen LogP contribution in [-0.4, -0.2) is 13.9 Å². The average Bonchev–Trinajstić information content (AvgIpc) is 2.97. The SMILES string of the molecule is OC(c1cnsn1)c1cc2ccccc2o1. The third kappa shape index (κ3) is 1.50. The highest BCUT2D eigenvalue weighted by Gasteiger charge is 2.17. The zero-order valence-corrected chi connectivity index (χ0v) is 9.02. The van der Waals surface area contributed by atoms with Crippen molar-refractivity contribution in [3.63, 3.8) is 0 Å². The van der Waals surface area contributed by atoms with E-state index in [4.69, 9.17) is 4.42 Å². The third-order valence-electron chi connectivity index (χ3n) is 2.37. The summed E-state index contributed by atoms with van der Waals surface area (Å²) in [6.45, 7) is 0.